The Kier molecular flexibility index (Phi) is 4.14. The van der Waals surface area contributed by atoms with E-state index in [1.54, 1.807) is 0 Å². The van der Waals surface area contributed by atoms with Gasteiger partial charge >= 0.3 is 0 Å². The molecule has 1 heterocycles. The van der Waals surface area contributed by atoms with Crippen molar-refractivity contribution in [2.24, 2.45) is 4.99 Å². The molecule has 4 heteroatoms. The Morgan fingerprint density at radius 1 is 1.44 bits per heavy atom. The fourth-order valence-corrected chi connectivity index (χ4v) is 3.64. The number of rotatable bonds is 4. The molecule has 2 aliphatic rings. The van der Waals surface area contributed by atoms with Crippen LogP contribution in [0.1, 0.15) is 32.6 Å². The molecule has 0 aromatic carbocycles. The average Bonchev–Trinajstić information content (AvgIpc) is 2.90. The third kappa shape index (κ3) is 2.92. The van der Waals surface area contributed by atoms with Crippen LogP contribution in [0.15, 0.2) is 4.99 Å². The molecule has 0 bridgehead atoms. The molecular formula is C12H23N3S. The van der Waals surface area contributed by atoms with Crippen LogP contribution in [0.3, 0.4) is 0 Å². The maximum Gasteiger partial charge on any atom is 0.157 e. The van der Waals surface area contributed by atoms with E-state index in [1.165, 1.54) is 36.6 Å². The molecular weight excluding hydrogens is 218 g/mol. The van der Waals surface area contributed by atoms with Gasteiger partial charge in [-0.2, -0.15) is 0 Å². The summed E-state index contributed by atoms with van der Waals surface area (Å²) in [5.74, 6) is 1.23. The third-order valence-corrected chi connectivity index (χ3v) is 4.90. The zero-order valence-electron chi connectivity index (χ0n) is 10.5. The van der Waals surface area contributed by atoms with Gasteiger partial charge in [-0.25, -0.2) is 0 Å². The van der Waals surface area contributed by atoms with Gasteiger partial charge in [0.1, 0.15) is 0 Å². The summed E-state index contributed by atoms with van der Waals surface area (Å²) in [7, 11) is 2.15. The van der Waals surface area contributed by atoms with Gasteiger partial charge in [-0.05, 0) is 26.4 Å². The lowest BCUT2D eigenvalue weighted by atomic mass is 10.0. The molecule has 92 valence electrons. The quantitative estimate of drug-likeness (QED) is 0.815. The maximum atomic E-state index is 4.66. The predicted molar refractivity (Wildman–Crippen MR) is 72.3 cm³/mol. The van der Waals surface area contributed by atoms with Crippen molar-refractivity contribution in [3.05, 3.63) is 0 Å². The van der Waals surface area contributed by atoms with E-state index in [0.717, 1.165) is 19.6 Å². The topological polar surface area (TPSA) is 27.6 Å². The van der Waals surface area contributed by atoms with Crippen molar-refractivity contribution in [2.45, 2.75) is 38.1 Å². The Hall–Kier alpha value is -0.220. The summed E-state index contributed by atoms with van der Waals surface area (Å²) in [5, 5.41) is 4.84. The van der Waals surface area contributed by atoms with Gasteiger partial charge in [0.15, 0.2) is 5.17 Å². The molecule has 1 aliphatic carbocycles. The van der Waals surface area contributed by atoms with Crippen LogP contribution >= 0.6 is 11.8 Å². The Morgan fingerprint density at radius 2 is 2.19 bits per heavy atom. The predicted octanol–water partition coefficient (Wildman–Crippen LogP) is 1.94. The van der Waals surface area contributed by atoms with Crippen LogP contribution in [0.25, 0.3) is 0 Å². The van der Waals surface area contributed by atoms with Crippen LogP contribution in [-0.2, 0) is 0 Å². The van der Waals surface area contributed by atoms with E-state index in [9.17, 15) is 0 Å². The highest BCUT2D eigenvalue weighted by Gasteiger charge is 2.39. The number of nitrogens with one attached hydrogen (secondary N) is 1. The van der Waals surface area contributed by atoms with Gasteiger partial charge in [0, 0.05) is 17.8 Å². The van der Waals surface area contributed by atoms with Crippen molar-refractivity contribution in [1.82, 2.24) is 10.2 Å². The molecule has 0 aromatic heterocycles. The number of amidine groups is 1. The summed E-state index contributed by atoms with van der Waals surface area (Å²) in [4.78, 5) is 6.96. The van der Waals surface area contributed by atoms with Gasteiger partial charge in [-0.15, -0.1) is 0 Å². The highest BCUT2D eigenvalue weighted by Crippen LogP contribution is 2.37. The number of aliphatic imine (C=N–C) groups is 1. The van der Waals surface area contributed by atoms with E-state index in [-0.39, 0.29) is 0 Å². The monoisotopic (exact) mass is 241 g/mol. The second kappa shape index (κ2) is 5.41. The summed E-state index contributed by atoms with van der Waals surface area (Å²) >= 11 is 1.92. The van der Waals surface area contributed by atoms with Crippen molar-refractivity contribution < 1.29 is 0 Å². The lowest BCUT2D eigenvalue weighted by Crippen LogP contribution is -2.40. The molecule has 0 aromatic rings. The standard InChI is InChI=1S/C12H23N3S/c1-3-15(2)9-8-13-11-14-12(10-16-11)6-4-5-7-12/h3-10H2,1-2H3,(H,13,14). The molecule has 0 amide bonds. The summed E-state index contributed by atoms with van der Waals surface area (Å²) in [5.41, 5.74) is 0.417. The summed E-state index contributed by atoms with van der Waals surface area (Å²) < 4.78 is 0. The van der Waals surface area contributed by atoms with E-state index in [0.29, 0.717) is 5.54 Å². The van der Waals surface area contributed by atoms with Crippen LogP contribution in [-0.4, -0.2) is 48.0 Å². The molecule has 1 saturated heterocycles. The SMILES string of the molecule is CCN(C)CCN=C1NC2(CCCC2)CS1. The highest BCUT2D eigenvalue weighted by molar-refractivity contribution is 8.14. The zero-order chi connectivity index (χ0) is 11.4. The minimum Gasteiger partial charge on any atom is -0.359 e. The van der Waals surface area contributed by atoms with Gasteiger partial charge in [-0.3, -0.25) is 4.99 Å². The largest absolute Gasteiger partial charge is 0.359 e. The lowest BCUT2D eigenvalue weighted by Gasteiger charge is -2.21. The summed E-state index contributed by atoms with van der Waals surface area (Å²) in [6.07, 6.45) is 5.46. The van der Waals surface area contributed by atoms with Gasteiger partial charge in [0.05, 0.1) is 6.54 Å². The molecule has 1 aliphatic heterocycles. The molecule has 1 spiro atoms. The van der Waals surface area contributed by atoms with E-state index < -0.39 is 0 Å². The van der Waals surface area contributed by atoms with E-state index in [4.69, 9.17) is 0 Å². The first-order chi connectivity index (χ1) is 7.74. The average molecular weight is 241 g/mol. The molecule has 3 nitrogen and oxygen atoms in total. The Balaban J connectivity index is 1.77. The van der Waals surface area contributed by atoms with E-state index in [1.807, 2.05) is 11.8 Å². The third-order valence-electron chi connectivity index (χ3n) is 3.69. The lowest BCUT2D eigenvalue weighted by molar-refractivity contribution is 0.363. The first-order valence-corrected chi connectivity index (χ1v) is 7.37. The minimum atomic E-state index is 0.417. The van der Waals surface area contributed by atoms with Crippen LogP contribution in [0.4, 0.5) is 0 Å². The van der Waals surface area contributed by atoms with Crippen LogP contribution < -0.4 is 5.32 Å². The number of nitrogens with zero attached hydrogens (tertiary/aromatic N) is 2. The minimum absolute atomic E-state index is 0.417. The second-order valence-electron chi connectivity index (χ2n) is 4.98. The Labute approximate surface area is 103 Å². The van der Waals surface area contributed by atoms with Crippen molar-refractivity contribution >= 4 is 16.9 Å². The molecule has 2 fully saturated rings. The normalized spacial score (nSPS) is 25.8. The Bertz CT molecular complexity index is 259. The van der Waals surface area contributed by atoms with Crippen molar-refractivity contribution in [1.29, 1.82) is 0 Å². The zero-order valence-corrected chi connectivity index (χ0v) is 11.3. The van der Waals surface area contributed by atoms with Crippen LogP contribution in [0, 0.1) is 0 Å². The first kappa shape index (κ1) is 12.2. The number of hydrogen-bond acceptors (Lipinski definition) is 3. The molecule has 0 atom stereocenters. The van der Waals surface area contributed by atoms with Crippen molar-refractivity contribution in [3.63, 3.8) is 0 Å². The molecule has 1 saturated carbocycles. The van der Waals surface area contributed by atoms with E-state index >= 15 is 0 Å². The first-order valence-electron chi connectivity index (χ1n) is 6.38. The summed E-state index contributed by atoms with van der Waals surface area (Å²) in [6.45, 7) is 5.28. The molecule has 1 N–H and O–H groups in total. The fraction of sp³-hybridized carbons (Fsp3) is 0.917. The van der Waals surface area contributed by atoms with Crippen molar-refractivity contribution in [3.8, 4) is 0 Å². The van der Waals surface area contributed by atoms with Gasteiger partial charge in [0.2, 0.25) is 0 Å². The van der Waals surface area contributed by atoms with E-state index in [2.05, 4.69) is 29.2 Å². The number of likely N-dealkylation sites (N-methyl/N-ethyl adjacent to an activating group) is 1. The molecule has 16 heavy (non-hydrogen) atoms. The van der Waals surface area contributed by atoms with Crippen LogP contribution in [0.5, 0.6) is 0 Å². The summed E-state index contributed by atoms with van der Waals surface area (Å²) in [6, 6.07) is 0. The fourth-order valence-electron chi connectivity index (χ4n) is 2.39. The Morgan fingerprint density at radius 3 is 2.88 bits per heavy atom. The maximum absolute atomic E-state index is 4.66. The smallest absolute Gasteiger partial charge is 0.157 e. The molecule has 0 unspecified atom stereocenters. The molecule has 0 radical (unpaired) electrons. The second-order valence-corrected chi connectivity index (χ2v) is 5.95. The van der Waals surface area contributed by atoms with Crippen LogP contribution in [0.2, 0.25) is 0 Å². The van der Waals surface area contributed by atoms with Gasteiger partial charge in [0.25, 0.3) is 0 Å². The highest BCUT2D eigenvalue weighted by atomic mass is 32.2. The van der Waals surface area contributed by atoms with Gasteiger partial charge < -0.3 is 10.2 Å². The van der Waals surface area contributed by atoms with Crippen molar-refractivity contribution in [2.75, 3.05) is 32.4 Å². The van der Waals surface area contributed by atoms with Gasteiger partial charge in [-0.1, -0.05) is 31.5 Å². The number of hydrogen-bond donors (Lipinski definition) is 1. The molecule has 2 rings (SSSR count). The number of thioether (sulfide) groups is 1.